The molecule has 0 heterocycles. The van der Waals surface area contributed by atoms with Crippen LogP contribution in [0.1, 0.15) is 51.1 Å². The molecule has 1 saturated carbocycles. The van der Waals surface area contributed by atoms with Crippen LogP contribution in [0, 0.1) is 17.0 Å². The van der Waals surface area contributed by atoms with Gasteiger partial charge in [-0.05, 0) is 56.3 Å². The molecule has 1 unspecified atom stereocenters. The van der Waals surface area contributed by atoms with Crippen molar-refractivity contribution in [3.8, 4) is 0 Å². The van der Waals surface area contributed by atoms with E-state index < -0.39 is 5.82 Å². The molecule has 2 nitrogen and oxygen atoms in total. The largest absolute Gasteiger partial charge is 0.329 e. The third kappa shape index (κ3) is 3.80. The molecular weight excluding hydrogens is 270 g/mol. The third-order valence-electron chi connectivity index (χ3n) is 4.92. The molecule has 0 radical (unpaired) electrons. The molecule has 0 amide bonds. The van der Waals surface area contributed by atoms with Crippen LogP contribution in [0.3, 0.4) is 0 Å². The summed E-state index contributed by atoms with van der Waals surface area (Å²) in [7, 11) is 1.98. The normalized spacial score (nSPS) is 20.7. The van der Waals surface area contributed by atoms with Crippen molar-refractivity contribution in [1.82, 2.24) is 4.90 Å². The summed E-state index contributed by atoms with van der Waals surface area (Å²) in [4.78, 5) is 2.13. The van der Waals surface area contributed by atoms with Crippen LogP contribution in [-0.2, 0) is 0 Å². The Hall–Kier alpha value is -1.00. The number of rotatable bonds is 4. The minimum Gasteiger partial charge on any atom is -0.329 e. The topological polar surface area (TPSA) is 29.3 Å². The van der Waals surface area contributed by atoms with Gasteiger partial charge in [0.15, 0.2) is 0 Å². The lowest BCUT2D eigenvalue weighted by molar-refractivity contribution is 0.0952. The second-order valence-electron chi connectivity index (χ2n) is 6.98. The maximum Gasteiger partial charge on any atom is 0.128 e. The Morgan fingerprint density at radius 1 is 1.29 bits per heavy atom. The number of nitrogens with two attached hydrogens (primary N) is 1. The summed E-state index contributed by atoms with van der Waals surface area (Å²) in [5.74, 6) is -0.794. The van der Waals surface area contributed by atoms with Gasteiger partial charge in [-0.3, -0.25) is 4.90 Å². The molecule has 1 aliphatic carbocycles. The molecule has 0 bridgehead atoms. The van der Waals surface area contributed by atoms with E-state index in [0.717, 1.165) is 31.7 Å². The van der Waals surface area contributed by atoms with Crippen LogP contribution in [-0.4, -0.2) is 24.5 Å². The first-order valence-electron chi connectivity index (χ1n) is 7.71. The molecule has 0 spiro atoms. The molecule has 1 atom stereocenters. The summed E-state index contributed by atoms with van der Waals surface area (Å²) in [6.07, 6.45) is 4.48. The van der Waals surface area contributed by atoms with Crippen LogP contribution in [0.4, 0.5) is 8.78 Å². The summed E-state index contributed by atoms with van der Waals surface area (Å²) in [6, 6.07) is 3.72. The zero-order chi connectivity index (χ0) is 15.6. The minimum atomic E-state index is -0.414. The van der Waals surface area contributed by atoms with Crippen molar-refractivity contribution >= 4 is 0 Å². The second kappa shape index (κ2) is 6.41. The molecule has 0 aliphatic heterocycles. The average molecular weight is 296 g/mol. The first kappa shape index (κ1) is 16.4. The van der Waals surface area contributed by atoms with Gasteiger partial charge >= 0.3 is 0 Å². The van der Waals surface area contributed by atoms with Gasteiger partial charge < -0.3 is 5.73 Å². The second-order valence-corrected chi connectivity index (χ2v) is 6.98. The van der Waals surface area contributed by atoms with Crippen molar-refractivity contribution in [2.75, 3.05) is 13.6 Å². The van der Waals surface area contributed by atoms with Crippen molar-refractivity contribution in [3.63, 3.8) is 0 Å². The van der Waals surface area contributed by atoms with Crippen LogP contribution in [0.15, 0.2) is 18.2 Å². The molecule has 1 aliphatic rings. The molecule has 1 aromatic rings. The van der Waals surface area contributed by atoms with Crippen LogP contribution in [0.25, 0.3) is 0 Å². The van der Waals surface area contributed by atoms with E-state index in [-0.39, 0.29) is 18.4 Å². The Kier molecular flexibility index (Phi) is 4.99. The van der Waals surface area contributed by atoms with E-state index in [1.807, 2.05) is 7.05 Å². The third-order valence-corrected chi connectivity index (χ3v) is 4.92. The summed E-state index contributed by atoms with van der Waals surface area (Å²) in [5, 5.41) is 0. The zero-order valence-corrected chi connectivity index (χ0v) is 13.2. The van der Waals surface area contributed by atoms with Gasteiger partial charge in [-0.2, -0.15) is 0 Å². The lowest BCUT2D eigenvalue weighted by Crippen LogP contribution is -2.42. The van der Waals surface area contributed by atoms with E-state index in [1.54, 1.807) is 0 Å². The number of halogens is 2. The maximum absolute atomic E-state index is 14.0. The van der Waals surface area contributed by atoms with Gasteiger partial charge in [0, 0.05) is 24.2 Å². The highest BCUT2D eigenvalue weighted by Crippen LogP contribution is 2.38. The Labute approximate surface area is 126 Å². The van der Waals surface area contributed by atoms with Gasteiger partial charge in [-0.15, -0.1) is 0 Å². The van der Waals surface area contributed by atoms with E-state index >= 15 is 0 Å². The predicted molar refractivity (Wildman–Crippen MR) is 82.0 cm³/mol. The number of likely N-dealkylation sites (N-methyl/N-ethyl adjacent to an activating group) is 1. The highest BCUT2D eigenvalue weighted by atomic mass is 19.1. The van der Waals surface area contributed by atoms with Crippen molar-refractivity contribution in [1.29, 1.82) is 0 Å². The van der Waals surface area contributed by atoms with E-state index in [2.05, 4.69) is 18.7 Å². The van der Waals surface area contributed by atoms with E-state index in [4.69, 9.17) is 5.73 Å². The average Bonchev–Trinajstić information content (AvgIpc) is 2.43. The van der Waals surface area contributed by atoms with Gasteiger partial charge in [0.05, 0.1) is 0 Å². The standard InChI is InChI=1S/C17H26F2N2/c1-17(2)8-6-13(7-9-17)21(3)16(11-20)14-10-12(18)4-5-15(14)19/h4-5,10,13,16H,6-9,11,20H2,1-3H3. The summed E-state index contributed by atoms with van der Waals surface area (Å²) in [6.45, 7) is 4.86. The van der Waals surface area contributed by atoms with Crippen LogP contribution in [0.2, 0.25) is 0 Å². The Morgan fingerprint density at radius 3 is 2.48 bits per heavy atom. The van der Waals surface area contributed by atoms with Gasteiger partial charge in [0.25, 0.3) is 0 Å². The SMILES string of the molecule is CN(C1CCC(C)(C)CC1)C(CN)c1cc(F)ccc1F. The van der Waals surface area contributed by atoms with Crippen LogP contribution >= 0.6 is 0 Å². The molecule has 2 rings (SSSR count). The molecular formula is C17H26F2N2. The molecule has 118 valence electrons. The smallest absolute Gasteiger partial charge is 0.128 e. The molecule has 1 fully saturated rings. The molecule has 1 aromatic carbocycles. The van der Waals surface area contributed by atoms with Gasteiger partial charge in [0.2, 0.25) is 0 Å². The molecule has 2 N–H and O–H groups in total. The highest BCUT2D eigenvalue weighted by Gasteiger charge is 2.32. The molecule has 4 heteroatoms. The van der Waals surface area contributed by atoms with E-state index in [1.165, 1.54) is 12.1 Å². The van der Waals surface area contributed by atoms with Crippen LogP contribution in [0.5, 0.6) is 0 Å². The zero-order valence-electron chi connectivity index (χ0n) is 13.2. The monoisotopic (exact) mass is 296 g/mol. The van der Waals surface area contributed by atoms with E-state index in [9.17, 15) is 8.78 Å². The van der Waals surface area contributed by atoms with Crippen molar-refractivity contribution in [3.05, 3.63) is 35.4 Å². The Balaban J connectivity index is 2.15. The molecule has 21 heavy (non-hydrogen) atoms. The summed E-state index contributed by atoms with van der Waals surface area (Å²) in [5.41, 5.74) is 6.61. The fraction of sp³-hybridized carbons (Fsp3) is 0.647. The van der Waals surface area contributed by atoms with E-state index in [0.29, 0.717) is 17.0 Å². The first-order chi connectivity index (χ1) is 9.84. The molecule has 0 aromatic heterocycles. The Bertz CT molecular complexity index is 478. The number of hydrogen-bond donors (Lipinski definition) is 1. The first-order valence-corrected chi connectivity index (χ1v) is 7.71. The fourth-order valence-electron chi connectivity index (χ4n) is 3.33. The fourth-order valence-corrected chi connectivity index (χ4v) is 3.33. The lowest BCUT2D eigenvalue weighted by atomic mass is 9.75. The van der Waals surface area contributed by atoms with Gasteiger partial charge in [-0.1, -0.05) is 13.8 Å². The Morgan fingerprint density at radius 2 is 1.90 bits per heavy atom. The van der Waals surface area contributed by atoms with Crippen molar-refractivity contribution in [2.24, 2.45) is 11.1 Å². The van der Waals surface area contributed by atoms with Crippen molar-refractivity contribution < 1.29 is 8.78 Å². The lowest BCUT2D eigenvalue weighted by Gasteiger charge is -2.41. The number of hydrogen-bond acceptors (Lipinski definition) is 2. The highest BCUT2D eigenvalue weighted by molar-refractivity contribution is 5.23. The minimum absolute atomic E-state index is 0.271. The predicted octanol–water partition coefficient (Wildman–Crippen LogP) is 3.87. The molecule has 0 saturated heterocycles. The number of benzene rings is 1. The van der Waals surface area contributed by atoms with Gasteiger partial charge in [0.1, 0.15) is 11.6 Å². The summed E-state index contributed by atoms with van der Waals surface area (Å²) >= 11 is 0. The van der Waals surface area contributed by atoms with Crippen molar-refractivity contribution in [2.45, 2.75) is 51.6 Å². The summed E-state index contributed by atoms with van der Waals surface area (Å²) < 4.78 is 27.4. The maximum atomic E-state index is 14.0. The number of nitrogens with zero attached hydrogens (tertiary/aromatic N) is 1. The van der Waals surface area contributed by atoms with Crippen LogP contribution < -0.4 is 5.73 Å². The van der Waals surface area contributed by atoms with Gasteiger partial charge in [-0.25, -0.2) is 8.78 Å². The quantitative estimate of drug-likeness (QED) is 0.914.